The number of unbranched alkanes of at least 4 members (excludes halogenated alkanes) is 9. The Morgan fingerprint density at radius 2 is 1.59 bits per heavy atom. The summed E-state index contributed by atoms with van der Waals surface area (Å²) in [5.74, 6) is -0.357. The lowest BCUT2D eigenvalue weighted by Gasteiger charge is -2.48. The van der Waals surface area contributed by atoms with E-state index in [9.17, 15) is 13.2 Å². The molecule has 1 aromatic carbocycles. The van der Waals surface area contributed by atoms with Crippen molar-refractivity contribution in [3.05, 3.63) is 35.9 Å². The third-order valence-electron chi connectivity index (χ3n) is 7.72. The van der Waals surface area contributed by atoms with E-state index in [4.69, 9.17) is 27.9 Å². The Bertz CT molecular complexity index is 1040. The van der Waals surface area contributed by atoms with Crippen molar-refractivity contribution in [2.75, 3.05) is 19.5 Å². The third-order valence-corrected chi connectivity index (χ3v) is 8.29. The average Bonchev–Trinajstić information content (AvgIpc) is 3.74. The monoisotopic (exact) mass is 597 g/mol. The van der Waals surface area contributed by atoms with Crippen molar-refractivity contribution in [3.63, 3.8) is 0 Å². The number of fused-ring (bicyclic) bond motifs is 1. The van der Waals surface area contributed by atoms with Gasteiger partial charge in [0.2, 0.25) is 5.91 Å². The molecule has 0 spiro atoms. The number of amides is 1. The van der Waals surface area contributed by atoms with Crippen LogP contribution in [0.4, 0.5) is 0 Å². The van der Waals surface area contributed by atoms with Crippen molar-refractivity contribution in [3.8, 4) is 0 Å². The van der Waals surface area contributed by atoms with E-state index >= 15 is 0 Å². The summed E-state index contributed by atoms with van der Waals surface area (Å²) in [5, 5.41) is 2.79. The van der Waals surface area contributed by atoms with Gasteiger partial charge in [0.15, 0.2) is 12.6 Å². The van der Waals surface area contributed by atoms with Gasteiger partial charge in [-0.1, -0.05) is 95.0 Å². The van der Waals surface area contributed by atoms with Gasteiger partial charge in [0.05, 0.1) is 12.9 Å². The van der Waals surface area contributed by atoms with Crippen molar-refractivity contribution >= 4 is 16.0 Å². The predicted molar refractivity (Wildman–Crippen MR) is 152 cm³/mol. The second-order valence-electron chi connectivity index (χ2n) is 11.3. The van der Waals surface area contributed by atoms with Gasteiger partial charge in [-0.25, -0.2) is 0 Å². The van der Waals surface area contributed by atoms with E-state index in [2.05, 4.69) is 12.2 Å². The molecule has 4 rings (SSSR count). The van der Waals surface area contributed by atoms with Crippen LogP contribution in [0.15, 0.2) is 30.3 Å². The Morgan fingerprint density at radius 3 is 2.22 bits per heavy atom. The number of rotatable bonds is 17. The number of hydrogen-bond donors (Lipinski definition) is 1. The standard InChI is InChI=1S/C30H47NO9S/c1-4-5-6-7-8-9-10-11-12-16-19-35-29-24(31-21(2)32)27(40-41(3,33)34)26-23(37-29)20-36-30(39-26)28-25(38-28)22-17-14-13-15-18-22/h13-15,17-18,23-30H,4-12,16,19-20H2,1-3H3,(H,31,32)/t23-,24-,25+,26-,27-,28-,29-,30-/m1/s1. The molecule has 3 aliphatic rings. The Labute approximate surface area is 244 Å². The SMILES string of the molecule is CCCCCCCCCCCCO[C@@H]1O[C@@H]2CO[C@@H]([C@@H]3O[C@H]3c3ccccc3)O[C@H]2[C@H](OS(C)(=O)=O)[C@H]1NC(C)=O. The molecule has 1 N–H and O–H groups in total. The zero-order chi connectivity index (χ0) is 29.2. The highest BCUT2D eigenvalue weighted by atomic mass is 32.2. The second kappa shape index (κ2) is 15.7. The van der Waals surface area contributed by atoms with Crippen LogP contribution in [-0.4, -0.2) is 76.8 Å². The molecule has 10 nitrogen and oxygen atoms in total. The molecule has 3 fully saturated rings. The molecule has 232 valence electrons. The summed E-state index contributed by atoms with van der Waals surface area (Å²) in [6, 6.07) is 8.85. The first-order chi connectivity index (χ1) is 19.8. The number of hydrogen-bond acceptors (Lipinski definition) is 9. The van der Waals surface area contributed by atoms with Gasteiger partial charge in [-0.15, -0.1) is 0 Å². The molecular weight excluding hydrogens is 550 g/mol. The Balaban J connectivity index is 1.32. The highest BCUT2D eigenvalue weighted by Crippen LogP contribution is 2.44. The van der Waals surface area contributed by atoms with Crippen LogP contribution in [0.25, 0.3) is 0 Å². The van der Waals surface area contributed by atoms with Gasteiger partial charge in [0.25, 0.3) is 10.1 Å². The first-order valence-corrected chi connectivity index (χ1v) is 17.0. The molecule has 3 aliphatic heterocycles. The number of benzene rings is 1. The number of ether oxygens (including phenoxy) is 5. The molecule has 0 radical (unpaired) electrons. The maximum Gasteiger partial charge on any atom is 0.264 e. The number of carbonyl (C=O) groups is 1. The van der Waals surface area contributed by atoms with Gasteiger partial charge < -0.3 is 29.0 Å². The first kappa shape index (κ1) is 32.3. The second-order valence-corrected chi connectivity index (χ2v) is 12.9. The lowest BCUT2D eigenvalue weighted by atomic mass is 9.95. The highest BCUT2D eigenvalue weighted by molar-refractivity contribution is 7.86. The van der Waals surface area contributed by atoms with Crippen molar-refractivity contribution in [1.29, 1.82) is 0 Å². The fraction of sp³-hybridized carbons (Fsp3) is 0.767. The van der Waals surface area contributed by atoms with Crippen molar-refractivity contribution in [2.24, 2.45) is 0 Å². The molecule has 11 heteroatoms. The topological polar surface area (TPSA) is 122 Å². The van der Waals surface area contributed by atoms with Crippen LogP contribution < -0.4 is 5.32 Å². The van der Waals surface area contributed by atoms with Crippen LogP contribution in [0.5, 0.6) is 0 Å². The summed E-state index contributed by atoms with van der Waals surface area (Å²) < 4.78 is 60.5. The Morgan fingerprint density at radius 1 is 0.927 bits per heavy atom. The van der Waals surface area contributed by atoms with Crippen LogP contribution in [-0.2, 0) is 42.8 Å². The maximum absolute atomic E-state index is 12.3. The van der Waals surface area contributed by atoms with Gasteiger partial charge in [-0.05, 0) is 12.0 Å². The minimum absolute atomic E-state index is 0.144. The van der Waals surface area contributed by atoms with Crippen LogP contribution in [0.3, 0.4) is 0 Å². The van der Waals surface area contributed by atoms with Crippen molar-refractivity contribution in [1.82, 2.24) is 5.32 Å². The number of epoxide rings is 1. The fourth-order valence-electron chi connectivity index (χ4n) is 5.64. The van der Waals surface area contributed by atoms with Gasteiger partial charge in [-0.3, -0.25) is 8.98 Å². The summed E-state index contributed by atoms with van der Waals surface area (Å²) in [4.78, 5) is 12.2. The summed E-state index contributed by atoms with van der Waals surface area (Å²) in [5.41, 5.74) is 1.01. The lowest BCUT2D eigenvalue weighted by molar-refractivity contribution is -0.340. The highest BCUT2D eigenvalue weighted by Gasteiger charge is 2.57. The van der Waals surface area contributed by atoms with E-state index in [1.165, 1.54) is 51.9 Å². The normalized spacial score (nSPS) is 31.4. The van der Waals surface area contributed by atoms with Crippen LogP contribution in [0.2, 0.25) is 0 Å². The number of nitrogens with one attached hydrogen (secondary N) is 1. The summed E-state index contributed by atoms with van der Waals surface area (Å²) in [6.07, 6.45) is 8.26. The molecule has 3 saturated heterocycles. The Kier molecular flexibility index (Phi) is 12.4. The van der Waals surface area contributed by atoms with E-state index in [-0.39, 0.29) is 24.7 Å². The minimum Gasteiger partial charge on any atom is -0.359 e. The maximum atomic E-state index is 12.3. The zero-order valence-electron chi connectivity index (χ0n) is 24.6. The van der Waals surface area contributed by atoms with E-state index < -0.39 is 47.1 Å². The van der Waals surface area contributed by atoms with E-state index in [0.29, 0.717) is 6.61 Å². The van der Waals surface area contributed by atoms with Gasteiger partial charge in [-0.2, -0.15) is 8.42 Å². The van der Waals surface area contributed by atoms with Crippen LogP contribution in [0.1, 0.15) is 89.7 Å². The quantitative estimate of drug-likeness (QED) is 0.158. The molecule has 0 aromatic heterocycles. The first-order valence-electron chi connectivity index (χ1n) is 15.2. The molecule has 0 saturated carbocycles. The number of carbonyl (C=O) groups excluding carboxylic acids is 1. The molecule has 8 atom stereocenters. The molecule has 41 heavy (non-hydrogen) atoms. The Hall–Kier alpha value is -1.60. The largest absolute Gasteiger partial charge is 0.359 e. The summed E-state index contributed by atoms with van der Waals surface area (Å²) >= 11 is 0. The summed E-state index contributed by atoms with van der Waals surface area (Å²) in [7, 11) is -3.90. The smallest absolute Gasteiger partial charge is 0.264 e. The average molecular weight is 598 g/mol. The lowest BCUT2D eigenvalue weighted by Crippen LogP contribution is -2.68. The van der Waals surface area contributed by atoms with Crippen molar-refractivity contribution < 1.29 is 41.1 Å². The molecule has 3 heterocycles. The molecule has 0 unspecified atom stereocenters. The van der Waals surface area contributed by atoms with E-state index in [0.717, 1.165) is 31.1 Å². The van der Waals surface area contributed by atoms with Gasteiger partial charge in [0.1, 0.15) is 36.6 Å². The van der Waals surface area contributed by atoms with Crippen LogP contribution in [0, 0.1) is 0 Å². The van der Waals surface area contributed by atoms with Gasteiger partial charge in [0, 0.05) is 13.5 Å². The van der Waals surface area contributed by atoms with Gasteiger partial charge >= 0.3 is 0 Å². The van der Waals surface area contributed by atoms with Crippen LogP contribution >= 0.6 is 0 Å². The molecule has 1 amide bonds. The molecule has 1 aromatic rings. The molecule has 0 bridgehead atoms. The third kappa shape index (κ3) is 9.98. The van der Waals surface area contributed by atoms with E-state index in [1.807, 2.05) is 30.3 Å². The zero-order valence-corrected chi connectivity index (χ0v) is 25.4. The van der Waals surface area contributed by atoms with Crippen molar-refractivity contribution in [2.45, 2.75) is 127 Å². The molecular formula is C30H47NO9S. The predicted octanol–water partition coefficient (Wildman–Crippen LogP) is 4.38. The molecule has 0 aliphatic carbocycles. The minimum atomic E-state index is -3.90. The van der Waals surface area contributed by atoms with E-state index in [1.54, 1.807) is 0 Å². The fourth-order valence-corrected chi connectivity index (χ4v) is 6.27. The summed E-state index contributed by atoms with van der Waals surface area (Å²) in [6.45, 7) is 4.15.